The van der Waals surface area contributed by atoms with Crippen LogP contribution >= 0.6 is 11.8 Å². The predicted molar refractivity (Wildman–Crippen MR) is 79.1 cm³/mol. The third-order valence-electron chi connectivity index (χ3n) is 3.77. The average molecular weight is 264 g/mol. The Kier molecular flexibility index (Phi) is 5.51. The van der Waals surface area contributed by atoms with E-state index in [9.17, 15) is 0 Å². The van der Waals surface area contributed by atoms with E-state index in [-0.39, 0.29) is 0 Å². The summed E-state index contributed by atoms with van der Waals surface area (Å²) in [5, 5.41) is 1.21. The van der Waals surface area contributed by atoms with Gasteiger partial charge in [0.1, 0.15) is 5.03 Å². The van der Waals surface area contributed by atoms with Gasteiger partial charge in [0.2, 0.25) is 0 Å². The highest BCUT2D eigenvalue weighted by Gasteiger charge is 2.25. The zero-order valence-electron chi connectivity index (χ0n) is 11.6. The van der Waals surface area contributed by atoms with Crippen molar-refractivity contribution in [3.63, 3.8) is 0 Å². The molecule has 1 fully saturated rings. The summed E-state index contributed by atoms with van der Waals surface area (Å²) in [6.45, 7) is 4.77. The quantitative estimate of drug-likeness (QED) is 0.744. The lowest BCUT2D eigenvalue weighted by Gasteiger charge is -2.36. The van der Waals surface area contributed by atoms with Gasteiger partial charge in [-0.3, -0.25) is 4.90 Å². The zero-order chi connectivity index (χ0) is 12.8. The lowest BCUT2D eigenvalue weighted by atomic mass is 9.96. The molecule has 1 atom stereocenters. The maximum absolute atomic E-state index is 4.52. The Morgan fingerprint density at radius 2 is 2.33 bits per heavy atom. The van der Waals surface area contributed by atoms with Crippen molar-refractivity contribution in [1.82, 2.24) is 9.88 Å². The largest absolute Gasteiger partial charge is 0.296 e. The number of nitrogens with zero attached hydrogens (tertiary/aromatic N) is 2. The summed E-state index contributed by atoms with van der Waals surface area (Å²) in [7, 11) is 0. The first-order valence-corrected chi connectivity index (χ1v) is 8.32. The number of piperidine rings is 1. The minimum absolute atomic E-state index is 0.599. The summed E-state index contributed by atoms with van der Waals surface area (Å²) in [5.41, 5.74) is 1.45. The van der Waals surface area contributed by atoms with Crippen molar-refractivity contribution in [1.29, 1.82) is 0 Å². The van der Waals surface area contributed by atoms with Gasteiger partial charge in [-0.25, -0.2) is 4.98 Å². The highest BCUT2D eigenvalue weighted by atomic mass is 32.2. The van der Waals surface area contributed by atoms with Crippen LogP contribution in [0.3, 0.4) is 0 Å². The van der Waals surface area contributed by atoms with Crippen LogP contribution < -0.4 is 0 Å². The molecule has 1 aromatic rings. The van der Waals surface area contributed by atoms with Crippen molar-refractivity contribution in [3.8, 4) is 0 Å². The van der Waals surface area contributed by atoms with Gasteiger partial charge >= 0.3 is 0 Å². The molecule has 0 N–H and O–H groups in total. The molecule has 2 rings (SSSR count). The number of thioether (sulfide) groups is 1. The topological polar surface area (TPSA) is 16.1 Å². The second-order valence-electron chi connectivity index (χ2n) is 5.00. The van der Waals surface area contributed by atoms with Gasteiger partial charge in [0.05, 0.1) is 0 Å². The molecule has 0 aliphatic carbocycles. The summed E-state index contributed by atoms with van der Waals surface area (Å²) in [5.74, 6) is 0. The van der Waals surface area contributed by atoms with Crippen molar-refractivity contribution < 1.29 is 0 Å². The lowest BCUT2D eigenvalue weighted by Crippen LogP contribution is -2.34. The van der Waals surface area contributed by atoms with Crippen LogP contribution in [0, 0.1) is 0 Å². The first kappa shape index (κ1) is 13.9. The van der Waals surface area contributed by atoms with Crippen LogP contribution in [0.1, 0.15) is 50.6 Å². The molecule has 0 aromatic carbocycles. The fourth-order valence-corrected chi connectivity index (χ4v) is 3.41. The molecule has 18 heavy (non-hydrogen) atoms. The van der Waals surface area contributed by atoms with E-state index >= 15 is 0 Å². The fraction of sp³-hybridized carbons (Fsp3) is 0.667. The predicted octanol–water partition coefficient (Wildman–Crippen LogP) is 4.13. The summed E-state index contributed by atoms with van der Waals surface area (Å²) >= 11 is 1.78. The molecule has 1 saturated heterocycles. The van der Waals surface area contributed by atoms with Crippen molar-refractivity contribution in [2.24, 2.45) is 0 Å². The van der Waals surface area contributed by atoms with E-state index < -0.39 is 0 Å². The standard InChI is InChI=1S/C15H24N2S/c1-3-4-11-17-12-6-5-9-14(17)13-8-7-10-16-15(13)18-2/h7-8,10,14H,3-6,9,11-12H2,1-2H3/t14-/m0/s1. The van der Waals surface area contributed by atoms with Crippen LogP contribution in [-0.2, 0) is 0 Å². The van der Waals surface area contributed by atoms with Gasteiger partial charge in [-0.15, -0.1) is 11.8 Å². The highest BCUT2D eigenvalue weighted by Crippen LogP contribution is 2.34. The Labute approximate surface area is 115 Å². The first-order chi connectivity index (χ1) is 8.86. The van der Waals surface area contributed by atoms with E-state index in [0.29, 0.717) is 6.04 Å². The zero-order valence-corrected chi connectivity index (χ0v) is 12.4. The van der Waals surface area contributed by atoms with Gasteiger partial charge in [0, 0.05) is 17.8 Å². The molecule has 1 aliphatic rings. The summed E-state index contributed by atoms with van der Waals surface area (Å²) in [6, 6.07) is 4.96. The number of likely N-dealkylation sites (tertiary alicyclic amines) is 1. The molecule has 0 spiro atoms. The maximum atomic E-state index is 4.52. The van der Waals surface area contributed by atoms with E-state index in [4.69, 9.17) is 0 Å². The molecule has 0 bridgehead atoms. The second kappa shape index (κ2) is 7.15. The van der Waals surface area contributed by atoms with Crippen LogP contribution in [0.4, 0.5) is 0 Å². The van der Waals surface area contributed by atoms with Crippen LogP contribution in [0.5, 0.6) is 0 Å². The molecule has 100 valence electrons. The third-order valence-corrected chi connectivity index (χ3v) is 4.49. The van der Waals surface area contributed by atoms with E-state index in [1.54, 1.807) is 11.8 Å². The Balaban J connectivity index is 2.16. The van der Waals surface area contributed by atoms with Crippen LogP contribution in [0.2, 0.25) is 0 Å². The summed E-state index contributed by atoms with van der Waals surface area (Å²) in [4.78, 5) is 7.19. The molecule has 1 aromatic heterocycles. The molecule has 0 unspecified atom stereocenters. The van der Waals surface area contributed by atoms with Crippen LogP contribution in [0.15, 0.2) is 23.4 Å². The van der Waals surface area contributed by atoms with Gasteiger partial charge < -0.3 is 0 Å². The Hall–Kier alpha value is -0.540. The van der Waals surface area contributed by atoms with Crippen molar-refractivity contribution in [3.05, 3.63) is 23.9 Å². The van der Waals surface area contributed by atoms with Gasteiger partial charge in [-0.05, 0) is 44.7 Å². The van der Waals surface area contributed by atoms with Crippen molar-refractivity contribution in [2.75, 3.05) is 19.3 Å². The van der Waals surface area contributed by atoms with Crippen molar-refractivity contribution >= 4 is 11.8 Å². The van der Waals surface area contributed by atoms with Gasteiger partial charge in [-0.1, -0.05) is 25.8 Å². The molecule has 2 heterocycles. The first-order valence-electron chi connectivity index (χ1n) is 7.09. The average Bonchev–Trinajstić information content (AvgIpc) is 2.45. The molecule has 2 nitrogen and oxygen atoms in total. The number of hydrogen-bond acceptors (Lipinski definition) is 3. The number of pyridine rings is 1. The third kappa shape index (κ3) is 3.27. The second-order valence-corrected chi connectivity index (χ2v) is 5.80. The Morgan fingerprint density at radius 3 is 3.11 bits per heavy atom. The highest BCUT2D eigenvalue weighted by molar-refractivity contribution is 7.98. The summed E-state index contributed by atoms with van der Waals surface area (Å²) in [6.07, 6.45) is 10.6. The number of unbranched alkanes of at least 4 members (excludes halogenated alkanes) is 1. The maximum Gasteiger partial charge on any atom is 0.100 e. The molecule has 0 radical (unpaired) electrons. The van der Waals surface area contributed by atoms with Crippen LogP contribution in [0.25, 0.3) is 0 Å². The molecule has 3 heteroatoms. The summed E-state index contributed by atoms with van der Waals surface area (Å²) < 4.78 is 0. The van der Waals surface area contributed by atoms with Gasteiger partial charge in [0.25, 0.3) is 0 Å². The van der Waals surface area contributed by atoms with E-state index in [1.807, 2.05) is 6.20 Å². The number of aromatic nitrogens is 1. The Bertz CT molecular complexity index is 367. The Morgan fingerprint density at radius 1 is 1.44 bits per heavy atom. The normalized spacial score (nSPS) is 21.1. The fourth-order valence-electron chi connectivity index (χ4n) is 2.80. The van der Waals surface area contributed by atoms with Crippen molar-refractivity contribution in [2.45, 2.75) is 50.1 Å². The van der Waals surface area contributed by atoms with Gasteiger partial charge in [-0.2, -0.15) is 0 Å². The van der Waals surface area contributed by atoms with E-state index in [1.165, 1.54) is 55.8 Å². The minimum Gasteiger partial charge on any atom is -0.296 e. The molecule has 0 amide bonds. The molecule has 1 aliphatic heterocycles. The smallest absolute Gasteiger partial charge is 0.100 e. The monoisotopic (exact) mass is 264 g/mol. The van der Waals surface area contributed by atoms with Gasteiger partial charge in [0.15, 0.2) is 0 Å². The van der Waals surface area contributed by atoms with E-state index in [2.05, 4.69) is 35.2 Å². The SMILES string of the molecule is CCCCN1CCCC[C@H]1c1cccnc1SC. The number of hydrogen-bond donors (Lipinski definition) is 0. The molecular weight excluding hydrogens is 240 g/mol. The minimum atomic E-state index is 0.599. The molecule has 0 saturated carbocycles. The van der Waals surface area contributed by atoms with Crippen LogP contribution in [-0.4, -0.2) is 29.2 Å². The number of rotatable bonds is 5. The molecular formula is C15H24N2S. The lowest BCUT2D eigenvalue weighted by molar-refractivity contribution is 0.144. The van der Waals surface area contributed by atoms with E-state index in [0.717, 1.165) is 0 Å².